The van der Waals surface area contributed by atoms with Gasteiger partial charge in [0.15, 0.2) is 5.96 Å². The quantitative estimate of drug-likeness (QED) is 0.361. The predicted octanol–water partition coefficient (Wildman–Crippen LogP) is 2.90. The lowest BCUT2D eigenvalue weighted by Gasteiger charge is -2.35. The lowest BCUT2D eigenvalue weighted by Crippen LogP contribution is -2.49. The highest BCUT2D eigenvalue weighted by molar-refractivity contribution is 14.0. The van der Waals surface area contributed by atoms with Crippen molar-refractivity contribution in [1.82, 2.24) is 24.9 Å². The zero-order chi connectivity index (χ0) is 20.9. The summed E-state index contributed by atoms with van der Waals surface area (Å²) in [7, 11) is 3.81. The molecular weight excluding hydrogens is 503 g/mol. The van der Waals surface area contributed by atoms with Crippen LogP contribution >= 0.6 is 24.0 Å². The van der Waals surface area contributed by atoms with Crippen molar-refractivity contribution in [3.63, 3.8) is 0 Å². The third-order valence-corrected chi connectivity index (χ3v) is 6.24. The molecule has 0 spiro atoms. The first kappa shape index (κ1) is 24.0. The first-order valence-corrected chi connectivity index (χ1v) is 11.0. The van der Waals surface area contributed by atoms with Crippen LogP contribution < -0.4 is 5.32 Å². The molecule has 2 aliphatic rings. The summed E-state index contributed by atoms with van der Waals surface area (Å²) >= 11 is 0. The summed E-state index contributed by atoms with van der Waals surface area (Å²) in [4.78, 5) is 9.45. The van der Waals surface area contributed by atoms with E-state index >= 15 is 0 Å². The van der Waals surface area contributed by atoms with Crippen LogP contribution in [0.4, 0.5) is 0 Å². The first-order valence-electron chi connectivity index (χ1n) is 11.0. The van der Waals surface area contributed by atoms with Crippen LogP contribution in [0.15, 0.2) is 47.7 Å². The van der Waals surface area contributed by atoms with Gasteiger partial charge in [0, 0.05) is 58.1 Å². The topological polar surface area (TPSA) is 57.9 Å². The fraction of sp³-hybridized carbons (Fsp3) is 0.565. The van der Waals surface area contributed by atoms with E-state index in [-0.39, 0.29) is 30.1 Å². The van der Waals surface area contributed by atoms with E-state index in [9.17, 15) is 0 Å². The van der Waals surface area contributed by atoms with Gasteiger partial charge in [0.2, 0.25) is 0 Å². The molecule has 7 nitrogen and oxygen atoms in total. The second-order valence-corrected chi connectivity index (χ2v) is 8.55. The molecule has 0 saturated carbocycles. The highest BCUT2D eigenvalue weighted by Gasteiger charge is 2.30. The molecule has 0 aliphatic carbocycles. The monoisotopic (exact) mass is 538 g/mol. The smallest absolute Gasteiger partial charge is 0.193 e. The lowest BCUT2D eigenvalue weighted by molar-refractivity contribution is -0.00807. The van der Waals surface area contributed by atoms with Crippen molar-refractivity contribution in [3.05, 3.63) is 53.9 Å². The zero-order valence-electron chi connectivity index (χ0n) is 18.8. The number of aromatic nitrogens is 2. The van der Waals surface area contributed by atoms with Gasteiger partial charge in [0.1, 0.15) is 6.10 Å². The second-order valence-electron chi connectivity index (χ2n) is 8.55. The molecule has 0 radical (unpaired) electrons. The van der Waals surface area contributed by atoms with Gasteiger partial charge in [-0.05, 0) is 24.8 Å². The number of morpholine rings is 1. The van der Waals surface area contributed by atoms with Gasteiger partial charge in [0.25, 0.3) is 0 Å². The van der Waals surface area contributed by atoms with E-state index in [0.29, 0.717) is 18.6 Å². The standard InChI is InChI=1S/C23H34N6O.HI/c1-18-11-20(15-29(18)14-19-7-5-4-6-8-19)12-25-23(24-2)28-9-10-30-22(17-28)21-13-26-27(3)16-21;/h4-8,13,16,18,20,22H,9-12,14-15,17H2,1-3H3,(H,24,25);1H. The van der Waals surface area contributed by atoms with Crippen LogP contribution in [0.3, 0.4) is 0 Å². The number of aryl methyl sites for hydroxylation is 1. The van der Waals surface area contributed by atoms with Gasteiger partial charge >= 0.3 is 0 Å². The van der Waals surface area contributed by atoms with Gasteiger partial charge in [-0.15, -0.1) is 24.0 Å². The van der Waals surface area contributed by atoms with Crippen molar-refractivity contribution in [2.75, 3.05) is 39.8 Å². The highest BCUT2D eigenvalue weighted by Crippen LogP contribution is 2.25. The normalized spacial score (nSPS) is 24.8. The fourth-order valence-electron chi connectivity index (χ4n) is 4.62. The SMILES string of the molecule is CN=C(NCC1CC(C)N(Cc2ccccc2)C1)N1CCOC(c2cnn(C)c2)C1.I. The van der Waals surface area contributed by atoms with E-state index in [1.165, 1.54) is 12.0 Å². The number of benzene rings is 1. The Hall–Kier alpha value is -1.65. The van der Waals surface area contributed by atoms with Crippen LogP contribution in [-0.2, 0) is 18.3 Å². The number of halogens is 1. The molecule has 31 heavy (non-hydrogen) atoms. The summed E-state index contributed by atoms with van der Waals surface area (Å²) < 4.78 is 7.81. The maximum absolute atomic E-state index is 5.98. The summed E-state index contributed by atoms with van der Waals surface area (Å²) in [6, 6.07) is 11.4. The maximum atomic E-state index is 5.98. The van der Waals surface area contributed by atoms with E-state index in [0.717, 1.165) is 44.2 Å². The molecule has 4 rings (SSSR count). The molecule has 3 atom stereocenters. The molecule has 1 N–H and O–H groups in total. The average molecular weight is 538 g/mol. The van der Waals surface area contributed by atoms with Crippen molar-refractivity contribution in [2.45, 2.75) is 32.0 Å². The fourth-order valence-corrected chi connectivity index (χ4v) is 4.62. The Morgan fingerprint density at radius 2 is 2.06 bits per heavy atom. The van der Waals surface area contributed by atoms with Crippen molar-refractivity contribution in [3.8, 4) is 0 Å². The zero-order valence-corrected chi connectivity index (χ0v) is 21.1. The largest absolute Gasteiger partial charge is 0.370 e. The Morgan fingerprint density at radius 1 is 1.26 bits per heavy atom. The minimum atomic E-state index is 0. The maximum Gasteiger partial charge on any atom is 0.193 e. The molecular formula is C23H35IN6O. The van der Waals surface area contributed by atoms with Crippen molar-refractivity contribution >= 4 is 29.9 Å². The van der Waals surface area contributed by atoms with Gasteiger partial charge in [0.05, 0.1) is 19.3 Å². The lowest BCUT2D eigenvalue weighted by atomic mass is 10.1. The summed E-state index contributed by atoms with van der Waals surface area (Å²) in [6.45, 7) is 7.82. The van der Waals surface area contributed by atoms with Gasteiger partial charge in [-0.3, -0.25) is 14.6 Å². The van der Waals surface area contributed by atoms with E-state index in [1.807, 2.05) is 31.2 Å². The number of nitrogens with zero attached hydrogens (tertiary/aromatic N) is 5. The Kier molecular flexibility index (Phi) is 8.74. The van der Waals surface area contributed by atoms with Crippen LogP contribution in [0.5, 0.6) is 0 Å². The van der Waals surface area contributed by atoms with Crippen molar-refractivity contribution < 1.29 is 4.74 Å². The molecule has 1 aromatic carbocycles. The number of ether oxygens (including phenoxy) is 1. The molecule has 170 valence electrons. The molecule has 2 aromatic rings. The number of guanidine groups is 1. The number of rotatable bonds is 5. The van der Waals surface area contributed by atoms with E-state index < -0.39 is 0 Å². The minimum absolute atomic E-state index is 0. The molecule has 0 amide bonds. The van der Waals surface area contributed by atoms with E-state index in [1.54, 1.807) is 0 Å². The summed E-state index contributed by atoms with van der Waals surface area (Å²) in [6.07, 6.45) is 5.19. The van der Waals surface area contributed by atoms with Crippen LogP contribution in [0, 0.1) is 5.92 Å². The molecule has 1 aromatic heterocycles. The Balaban J connectivity index is 0.00000272. The minimum Gasteiger partial charge on any atom is -0.370 e. The van der Waals surface area contributed by atoms with Crippen LogP contribution in [0.1, 0.15) is 30.6 Å². The van der Waals surface area contributed by atoms with Crippen LogP contribution in [0.25, 0.3) is 0 Å². The van der Waals surface area contributed by atoms with Gasteiger partial charge < -0.3 is 15.0 Å². The average Bonchev–Trinajstić information content (AvgIpc) is 3.35. The molecule has 2 fully saturated rings. The number of hydrogen-bond donors (Lipinski definition) is 1. The number of aliphatic imine (C=N–C) groups is 1. The Bertz CT molecular complexity index is 842. The van der Waals surface area contributed by atoms with Gasteiger partial charge in [-0.25, -0.2) is 0 Å². The van der Waals surface area contributed by atoms with Gasteiger partial charge in [-0.1, -0.05) is 30.3 Å². The molecule has 3 unspecified atom stereocenters. The van der Waals surface area contributed by atoms with Crippen molar-refractivity contribution in [1.29, 1.82) is 0 Å². The Morgan fingerprint density at radius 3 is 2.77 bits per heavy atom. The molecule has 2 saturated heterocycles. The summed E-state index contributed by atoms with van der Waals surface area (Å²) in [5, 5.41) is 7.92. The third-order valence-electron chi connectivity index (χ3n) is 6.24. The number of hydrogen-bond acceptors (Lipinski definition) is 4. The predicted molar refractivity (Wildman–Crippen MR) is 135 cm³/mol. The summed E-state index contributed by atoms with van der Waals surface area (Å²) in [5.74, 6) is 1.61. The van der Waals surface area contributed by atoms with Crippen molar-refractivity contribution in [2.24, 2.45) is 18.0 Å². The molecule has 3 heterocycles. The van der Waals surface area contributed by atoms with Crippen LogP contribution in [-0.4, -0.2) is 71.4 Å². The highest BCUT2D eigenvalue weighted by atomic mass is 127. The number of likely N-dealkylation sites (tertiary alicyclic amines) is 1. The van der Waals surface area contributed by atoms with Crippen LogP contribution in [0.2, 0.25) is 0 Å². The second kappa shape index (κ2) is 11.3. The third kappa shape index (κ3) is 6.20. The van der Waals surface area contributed by atoms with E-state index in [4.69, 9.17) is 4.74 Å². The number of nitrogens with one attached hydrogen (secondary N) is 1. The summed E-state index contributed by atoms with van der Waals surface area (Å²) in [5.41, 5.74) is 2.52. The van der Waals surface area contributed by atoms with Gasteiger partial charge in [-0.2, -0.15) is 5.10 Å². The first-order chi connectivity index (χ1) is 14.6. The molecule has 8 heteroatoms. The molecule has 0 bridgehead atoms. The Labute approximate surface area is 202 Å². The van der Waals surface area contributed by atoms with E-state index in [2.05, 4.69) is 62.5 Å². The molecule has 2 aliphatic heterocycles.